The highest BCUT2D eigenvalue weighted by molar-refractivity contribution is 5.32. The zero-order valence-electron chi connectivity index (χ0n) is 13.7. The van der Waals surface area contributed by atoms with Gasteiger partial charge in [-0.25, -0.2) is 0 Å². The molecule has 118 valence electrons. The van der Waals surface area contributed by atoms with Crippen molar-refractivity contribution in [3.63, 3.8) is 0 Å². The zero-order valence-corrected chi connectivity index (χ0v) is 13.7. The first-order valence-corrected chi connectivity index (χ1v) is 8.58. The lowest BCUT2D eigenvalue weighted by molar-refractivity contribution is 0.00185. The molecular formula is C21H34. The summed E-state index contributed by atoms with van der Waals surface area (Å²) < 4.78 is 0. The quantitative estimate of drug-likeness (QED) is 0.580. The SMILES string of the molecule is C.CC(C)c1ccc(C23CCC(C(C)C)(CC2)CC3)cc1. The van der Waals surface area contributed by atoms with Crippen LogP contribution in [0, 0.1) is 11.3 Å². The summed E-state index contributed by atoms with van der Waals surface area (Å²) in [6.45, 7) is 9.45. The van der Waals surface area contributed by atoms with Crippen molar-refractivity contribution in [2.75, 3.05) is 0 Å². The Morgan fingerprint density at radius 1 is 0.762 bits per heavy atom. The van der Waals surface area contributed by atoms with Crippen LogP contribution in [0.15, 0.2) is 24.3 Å². The predicted octanol–water partition coefficient (Wildman–Crippen LogP) is 6.69. The van der Waals surface area contributed by atoms with Crippen molar-refractivity contribution in [2.24, 2.45) is 11.3 Å². The number of rotatable bonds is 3. The molecule has 2 bridgehead atoms. The van der Waals surface area contributed by atoms with Gasteiger partial charge in [-0.3, -0.25) is 0 Å². The minimum atomic E-state index is 0. The van der Waals surface area contributed by atoms with Crippen LogP contribution in [0.25, 0.3) is 0 Å². The Labute approximate surface area is 132 Å². The van der Waals surface area contributed by atoms with Crippen molar-refractivity contribution in [1.82, 2.24) is 0 Å². The summed E-state index contributed by atoms with van der Waals surface area (Å²) in [4.78, 5) is 0. The van der Waals surface area contributed by atoms with Gasteiger partial charge in [0.05, 0.1) is 0 Å². The van der Waals surface area contributed by atoms with Crippen LogP contribution in [-0.4, -0.2) is 0 Å². The minimum absolute atomic E-state index is 0. The second kappa shape index (κ2) is 5.78. The molecule has 0 aliphatic heterocycles. The fourth-order valence-corrected chi connectivity index (χ4v) is 4.74. The van der Waals surface area contributed by atoms with Crippen molar-refractivity contribution in [3.05, 3.63) is 35.4 Å². The number of fused-ring (bicyclic) bond motifs is 3. The molecule has 21 heavy (non-hydrogen) atoms. The Hall–Kier alpha value is -0.780. The van der Waals surface area contributed by atoms with Gasteiger partial charge in [0.15, 0.2) is 0 Å². The number of benzene rings is 1. The third-order valence-electron chi connectivity index (χ3n) is 6.72. The Bertz CT molecular complexity index is 439. The molecule has 0 aromatic heterocycles. The normalized spacial score (nSPS) is 31.5. The maximum Gasteiger partial charge on any atom is -0.00463 e. The Morgan fingerprint density at radius 3 is 1.62 bits per heavy atom. The van der Waals surface area contributed by atoms with Crippen molar-refractivity contribution < 1.29 is 0 Å². The average molecular weight is 287 g/mol. The molecule has 0 heteroatoms. The summed E-state index contributed by atoms with van der Waals surface area (Å²) >= 11 is 0. The van der Waals surface area contributed by atoms with Crippen molar-refractivity contribution >= 4 is 0 Å². The van der Waals surface area contributed by atoms with Gasteiger partial charge in [0.1, 0.15) is 0 Å². The lowest BCUT2D eigenvalue weighted by Gasteiger charge is -2.56. The van der Waals surface area contributed by atoms with Gasteiger partial charge in [-0.2, -0.15) is 0 Å². The molecule has 0 atom stereocenters. The van der Waals surface area contributed by atoms with Crippen molar-refractivity contribution in [2.45, 2.75) is 85.0 Å². The topological polar surface area (TPSA) is 0 Å². The van der Waals surface area contributed by atoms with E-state index in [-0.39, 0.29) is 7.43 Å². The van der Waals surface area contributed by atoms with Gasteiger partial charge in [-0.05, 0) is 72.3 Å². The summed E-state index contributed by atoms with van der Waals surface area (Å²) in [5, 5.41) is 0. The van der Waals surface area contributed by atoms with E-state index in [0.717, 1.165) is 5.92 Å². The van der Waals surface area contributed by atoms with Crippen LogP contribution in [0.4, 0.5) is 0 Å². The molecule has 0 spiro atoms. The Kier molecular flexibility index (Phi) is 4.57. The molecule has 0 radical (unpaired) electrons. The molecule has 0 saturated heterocycles. The van der Waals surface area contributed by atoms with E-state index in [1.807, 2.05) is 0 Å². The maximum absolute atomic E-state index is 2.44. The Balaban J connectivity index is 0.00000161. The van der Waals surface area contributed by atoms with Gasteiger partial charge in [0.2, 0.25) is 0 Å². The largest absolute Gasteiger partial charge is 0.0776 e. The second-order valence-corrected chi connectivity index (χ2v) is 8.07. The van der Waals surface area contributed by atoms with Gasteiger partial charge in [-0.15, -0.1) is 0 Å². The van der Waals surface area contributed by atoms with Crippen molar-refractivity contribution in [1.29, 1.82) is 0 Å². The summed E-state index contributed by atoms with van der Waals surface area (Å²) in [7, 11) is 0. The molecule has 0 unspecified atom stereocenters. The molecule has 0 N–H and O–H groups in total. The van der Waals surface area contributed by atoms with Gasteiger partial charge in [0, 0.05) is 0 Å². The van der Waals surface area contributed by atoms with Crippen LogP contribution in [0.2, 0.25) is 0 Å². The third kappa shape index (κ3) is 2.67. The van der Waals surface area contributed by atoms with Crippen LogP contribution in [0.5, 0.6) is 0 Å². The van der Waals surface area contributed by atoms with Crippen LogP contribution in [0.3, 0.4) is 0 Å². The van der Waals surface area contributed by atoms with E-state index in [1.165, 1.54) is 44.1 Å². The van der Waals surface area contributed by atoms with Crippen molar-refractivity contribution in [3.8, 4) is 0 Å². The molecule has 1 aromatic rings. The maximum atomic E-state index is 2.44. The highest BCUT2D eigenvalue weighted by atomic mass is 14.5. The molecular weight excluding hydrogens is 252 g/mol. The first-order chi connectivity index (χ1) is 9.47. The van der Waals surface area contributed by atoms with Gasteiger partial charge < -0.3 is 0 Å². The predicted molar refractivity (Wildman–Crippen MR) is 93.9 cm³/mol. The zero-order chi connectivity index (χ0) is 14.4. The van der Waals surface area contributed by atoms with Gasteiger partial charge >= 0.3 is 0 Å². The summed E-state index contributed by atoms with van der Waals surface area (Å²) in [6, 6.07) is 9.60. The fourth-order valence-electron chi connectivity index (χ4n) is 4.74. The molecule has 3 aliphatic carbocycles. The monoisotopic (exact) mass is 286 g/mol. The Morgan fingerprint density at radius 2 is 1.24 bits per heavy atom. The smallest absolute Gasteiger partial charge is 0.00463 e. The highest BCUT2D eigenvalue weighted by Crippen LogP contribution is 2.60. The summed E-state index contributed by atoms with van der Waals surface area (Å²) in [5.41, 5.74) is 4.30. The van der Waals surface area contributed by atoms with E-state index in [9.17, 15) is 0 Å². The van der Waals surface area contributed by atoms with Crippen LogP contribution in [0.1, 0.15) is 90.7 Å². The number of hydrogen-bond acceptors (Lipinski definition) is 0. The lowest BCUT2D eigenvalue weighted by Crippen LogP contribution is -2.46. The highest BCUT2D eigenvalue weighted by Gasteiger charge is 2.50. The number of hydrogen-bond donors (Lipinski definition) is 0. The summed E-state index contributed by atoms with van der Waals surface area (Å²) in [5.74, 6) is 1.51. The lowest BCUT2D eigenvalue weighted by atomic mass is 9.49. The van der Waals surface area contributed by atoms with Crippen LogP contribution in [-0.2, 0) is 5.41 Å². The first kappa shape index (κ1) is 16.6. The average Bonchev–Trinajstić information content (AvgIpc) is 2.49. The van der Waals surface area contributed by atoms with E-state index < -0.39 is 0 Å². The van der Waals surface area contributed by atoms with E-state index in [0.29, 0.717) is 16.7 Å². The molecule has 3 saturated carbocycles. The van der Waals surface area contributed by atoms with E-state index in [2.05, 4.69) is 52.0 Å². The molecule has 4 rings (SSSR count). The molecule has 1 aromatic carbocycles. The van der Waals surface area contributed by atoms with E-state index in [4.69, 9.17) is 0 Å². The molecule has 3 fully saturated rings. The minimum Gasteiger partial charge on any atom is -0.0776 e. The standard InChI is InChI=1S/C20H30.CH4/c1-15(2)17-5-7-18(8-6-17)20-12-9-19(10-13-20,11-14-20)16(3)4;/h5-8,15-16H,9-14H2,1-4H3;1H4. The summed E-state index contributed by atoms with van der Waals surface area (Å²) in [6.07, 6.45) is 8.63. The first-order valence-electron chi connectivity index (χ1n) is 8.58. The second-order valence-electron chi connectivity index (χ2n) is 8.07. The van der Waals surface area contributed by atoms with Gasteiger partial charge in [0.25, 0.3) is 0 Å². The van der Waals surface area contributed by atoms with Gasteiger partial charge in [-0.1, -0.05) is 59.4 Å². The fraction of sp³-hybridized carbons (Fsp3) is 0.714. The van der Waals surface area contributed by atoms with Crippen LogP contribution >= 0.6 is 0 Å². The molecule has 0 amide bonds. The third-order valence-corrected chi connectivity index (χ3v) is 6.72. The molecule has 0 heterocycles. The van der Waals surface area contributed by atoms with E-state index >= 15 is 0 Å². The van der Waals surface area contributed by atoms with Crippen LogP contribution < -0.4 is 0 Å². The molecule has 3 aliphatic rings. The molecule has 0 nitrogen and oxygen atoms in total. The van der Waals surface area contributed by atoms with E-state index in [1.54, 1.807) is 5.56 Å².